The zero-order chi connectivity index (χ0) is 50.1. The SMILES string of the molecule is CCCCc1cc2c(c(CCCC)c1CCCC)-c1nc-2nc2c3ccccc3c(nc3nc(nc4[nH]c(n1)c1c(CCCC)c(CCCC)c(CCCC)c(CCCC)c41)-c1ccccc1-3)n2CCCC. The van der Waals surface area contributed by atoms with Crippen LogP contribution in [0.3, 0.4) is 0 Å². The molecule has 0 atom stereocenters. The van der Waals surface area contributed by atoms with Gasteiger partial charge in [-0.2, -0.15) is 0 Å². The highest BCUT2D eigenvalue weighted by atomic mass is 15.1. The predicted octanol–water partition coefficient (Wildman–Crippen LogP) is 17.5. The second-order valence-electron chi connectivity index (χ2n) is 20.8. The van der Waals surface area contributed by atoms with Gasteiger partial charge in [0.2, 0.25) is 0 Å². The van der Waals surface area contributed by atoms with Gasteiger partial charge in [0.15, 0.2) is 23.3 Å². The van der Waals surface area contributed by atoms with Crippen molar-refractivity contribution in [3.05, 3.63) is 93.5 Å². The Kier molecular flexibility index (Phi) is 16.9. The van der Waals surface area contributed by atoms with Gasteiger partial charge in [-0.3, -0.25) is 0 Å². The topological polar surface area (TPSA) is 98.1 Å². The van der Waals surface area contributed by atoms with Crippen molar-refractivity contribution in [3.8, 4) is 45.6 Å². The summed E-state index contributed by atoms with van der Waals surface area (Å²) in [6.07, 6.45) is 25.3. The molecule has 0 aliphatic carbocycles. The van der Waals surface area contributed by atoms with Crippen molar-refractivity contribution < 1.29 is 0 Å². The molecule has 8 nitrogen and oxygen atoms in total. The molecule has 0 spiro atoms. The third-order valence-corrected chi connectivity index (χ3v) is 15.6. The summed E-state index contributed by atoms with van der Waals surface area (Å²) in [7, 11) is 0. The molecule has 2 aliphatic heterocycles. The van der Waals surface area contributed by atoms with Crippen LogP contribution in [0.5, 0.6) is 0 Å². The minimum atomic E-state index is 0.685. The van der Waals surface area contributed by atoms with Gasteiger partial charge in [-0.05, 0) is 141 Å². The summed E-state index contributed by atoms with van der Waals surface area (Å²) in [6, 6.07) is 19.7. The Morgan fingerprint density at radius 1 is 0.375 bits per heavy atom. The van der Waals surface area contributed by atoms with E-state index in [1.807, 2.05) is 0 Å². The van der Waals surface area contributed by atoms with Crippen molar-refractivity contribution in [3.63, 3.8) is 0 Å². The number of benzene rings is 4. The summed E-state index contributed by atoms with van der Waals surface area (Å²) in [4.78, 5) is 38.4. The molecule has 0 amide bonds. The minimum absolute atomic E-state index is 0.685. The summed E-state index contributed by atoms with van der Waals surface area (Å²) in [5, 5.41) is 4.61. The first-order valence-corrected chi connectivity index (χ1v) is 28.8. The minimum Gasteiger partial charge on any atom is -0.324 e. The van der Waals surface area contributed by atoms with Gasteiger partial charge < -0.3 is 9.55 Å². The molecule has 0 saturated carbocycles. The maximum atomic E-state index is 5.98. The lowest BCUT2D eigenvalue weighted by Gasteiger charge is -2.22. The van der Waals surface area contributed by atoms with E-state index in [1.165, 1.54) is 50.6 Å². The summed E-state index contributed by atoms with van der Waals surface area (Å²) in [5.41, 5.74) is 18.3. The van der Waals surface area contributed by atoms with Crippen molar-refractivity contribution in [1.82, 2.24) is 39.5 Å². The molecule has 0 unspecified atom stereocenters. The third-order valence-electron chi connectivity index (χ3n) is 15.6. The first-order chi connectivity index (χ1) is 35.4. The average molecular weight is 963 g/mol. The van der Waals surface area contributed by atoms with Crippen LogP contribution in [0.1, 0.15) is 197 Å². The molecular weight excluding hydrogens is 881 g/mol. The van der Waals surface area contributed by atoms with E-state index < -0.39 is 0 Å². The molecule has 9 rings (SSSR count). The molecule has 0 saturated heterocycles. The van der Waals surface area contributed by atoms with Gasteiger partial charge in [-0.15, -0.1) is 0 Å². The molecule has 72 heavy (non-hydrogen) atoms. The lowest BCUT2D eigenvalue weighted by Crippen LogP contribution is -2.08. The number of aromatic amines is 1. The Balaban J connectivity index is 1.56. The number of hydrogen-bond donors (Lipinski definition) is 1. The van der Waals surface area contributed by atoms with E-state index in [9.17, 15) is 0 Å². The van der Waals surface area contributed by atoms with Crippen LogP contribution in [0.4, 0.5) is 0 Å². The van der Waals surface area contributed by atoms with Gasteiger partial charge in [-0.1, -0.05) is 155 Å². The summed E-state index contributed by atoms with van der Waals surface area (Å²) >= 11 is 0. The number of nitrogens with zero attached hydrogens (tertiary/aromatic N) is 7. The lowest BCUT2D eigenvalue weighted by atomic mass is 9.82. The second kappa shape index (κ2) is 23.9. The van der Waals surface area contributed by atoms with E-state index >= 15 is 0 Å². The van der Waals surface area contributed by atoms with Crippen LogP contribution in [0, 0.1) is 0 Å². The summed E-state index contributed by atoms with van der Waals surface area (Å²) in [6.45, 7) is 19.3. The number of hydrogen-bond acceptors (Lipinski definition) is 6. The number of unbranched alkanes of at least 4 members (excludes halogenated alkanes) is 8. The second-order valence-corrected chi connectivity index (χ2v) is 20.8. The van der Waals surface area contributed by atoms with E-state index in [2.05, 4.69) is 120 Å². The zero-order valence-electron chi connectivity index (χ0n) is 45.3. The van der Waals surface area contributed by atoms with E-state index in [-0.39, 0.29) is 0 Å². The van der Waals surface area contributed by atoms with E-state index in [0.29, 0.717) is 11.6 Å². The maximum Gasteiger partial charge on any atom is 0.165 e. The first-order valence-electron chi connectivity index (χ1n) is 28.8. The molecule has 3 aromatic heterocycles. The van der Waals surface area contributed by atoms with Crippen LogP contribution >= 0.6 is 0 Å². The van der Waals surface area contributed by atoms with Crippen molar-refractivity contribution in [2.45, 2.75) is 210 Å². The quantitative estimate of drug-likeness (QED) is 0.0648. The molecular formula is C64H82N8. The van der Waals surface area contributed by atoms with Crippen molar-refractivity contribution in [2.75, 3.05) is 0 Å². The molecule has 8 bridgehead atoms. The summed E-state index contributed by atoms with van der Waals surface area (Å²) < 4.78 is 2.35. The molecule has 8 heteroatoms. The number of fused-ring (bicyclic) bond motifs is 20. The zero-order valence-corrected chi connectivity index (χ0v) is 45.3. The molecule has 7 aromatic rings. The van der Waals surface area contributed by atoms with Gasteiger partial charge in [0.05, 0.1) is 0 Å². The van der Waals surface area contributed by atoms with Gasteiger partial charge in [-0.25, -0.2) is 29.9 Å². The van der Waals surface area contributed by atoms with Gasteiger partial charge in [0, 0.05) is 50.3 Å². The molecule has 378 valence electrons. The average Bonchev–Trinajstić information content (AvgIpc) is 4.12. The van der Waals surface area contributed by atoms with Gasteiger partial charge in [0.25, 0.3) is 0 Å². The molecule has 1 N–H and O–H groups in total. The Hall–Kier alpha value is -5.76. The van der Waals surface area contributed by atoms with Gasteiger partial charge in [0.1, 0.15) is 22.6 Å². The largest absolute Gasteiger partial charge is 0.324 e. The molecule has 2 aliphatic rings. The van der Waals surface area contributed by atoms with Crippen molar-refractivity contribution >= 4 is 44.1 Å². The van der Waals surface area contributed by atoms with Crippen molar-refractivity contribution in [1.29, 1.82) is 0 Å². The van der Waals surface area contributed by atoms with Crippen molar-refractivity contribution in [2.24, 2.45) is 0 Å². The number of aryl methyl sites for hydroxylation is 4. The van der Waals surface area contributed by atoms with E-state index in [0.717, 1.165) is 210 Å². The van der Waals surface area contributed by atoms with E-state index in [1.54, 1.807) is 11.1 Å². The predicted molar refractivity (Wildman–Crippen MR) is 305 cm³/mol. The van der Waals surface area contributed by atoms with Crippen LogP contribution in [-0.4, -0.2) is 39.5 Å². The Morgan fingerprint density at radius 2 is 0.778 bits per heavy atom. The lowest BCUT2D eigenvalue weighted by molar-refractivity contribution is 0.657. The molecule has 4 aromatic carbocycles. The highest BCUT2D eigenvalue weighted by Gasteiger charge is 2.30. The monoisotopic (exact) mass is 963 g/mol. The van der Waals surface area contributed by atoms with Crippen LogP contribution in [0.15, 0.2) is 54.6 Å². The molecule has 0 radical (unpaired) electrons. The van der Waals surface area contributed by atoms with Gasteiger partial charge >= 0.3 is 0 Å². The molecule has 5 heterocycles. The molecule has 0 fully saturated rings. The Morgan fingerprint density at radius 3 is 1.29 bits per heavy atom. The fraction of sp³-hybridized carbons (Fsp3) is 0.500. The Bertz CT molecular complexity index is 3210. The highest BCUT2D eigenvalue weighted by Crippen LogP contribution is 2.45. The summed E-state index contributed by atoms with van der Waals surface area (Å²) in [5.74, 6) is 2.90. The smallest absolute Gasteiger partial charge is 0.165 e. The number of nitrogens with one attached hydrogen (secondary N) is 1. The number of H-pyrrole nitrogens is 1. The van der Waals surface area contributed by atoms with E-state index in [4.69, 9.17) is 29.9 Å². The number of aromatic nitrogens is 8. The fourth-order valence-electron chi connectivity index (χ4n) is 11.7. The third kappa shape index (κ3) is 10.0. The number of rotatable bonds is 24. The van der Waals surface area contributed by atoms with Crippen LogP contribution < -0.4 is 0 Å². The highest BCUT2D eigenvalue weighted by molar-refractivity contribution is 6.10. The van der Waals surface area contributed by atoms with Crippen LogP contribution in [0.25, 0.3) is 89.7 Å². The fourth-order valence-corrected chi connectivity index (χ4v) is 11.7. The van der Waals surface area contributed by atoms with Crippen LogP contribution in [-0.2, 0) is 51.5 Å². The first kappa shape index (κ1) is 51.2. The van der Waals surface area contributed by atoms with Crippen LogP contribution in [0.2, 0.25) is 0 Å². The maximum absolute atomic E-state index is 5.98. The normalized spacial score (nSPS) is 12.1. The Labute approximate surface area is 430 Å². The standard InChI is InChI=1S/C64H82N8/c1-9-17-29-42-41-53-54(46(33-21-13-5)43(42)30-18-10-2)60-67-59(53)71-64-52-39-28-27-38-51(52)63(72(64)40-24-16-8)70-58-50-37-26-25-36-49(50)57(65-58)66-61-55-47(34-22-14-6)44(31-19-11-3)45(32-20-12-4)48(35-23-15-7)56(55)62(68-60)69-61/h25-28,36-39,41H,9-24,29-35,40H2,1-8H3,(H,65,66,67,68,69,70,71).